The third kappa shape index (κ3) is 4.65. The van der Waals surface area contributed by atoms with Crippen LogP contribution in [0.4, 0.5) is 0 Å². The monoisotopic (exact) mass is 359 g/mol. The van der Waals surface area contributed by atoms with Crippen molar-refractivity contribution >= 4 is 29.0 Å². The molecule has 0 unspecified atom stereocenters. The van der Waals surface area contributed by atoms with Gasteiger partial charge in [0.25, 0.3) is 0 Å². The molecule has 0 saturated heterocycles. The number of carbonyl (C=O) groups is 1. The summed E-state index contributed by atoms with van der Waals surface area (Å²) < 4.78 is 2.90. The molecular formula is C16H17N5OS2. The third-order valence-corrected chi connectivity index (χ3v) is 5.28. The maximum Gasteiger partial charge on any atom is 0.230 e. The van der Waals surface area contributed by atoms with Crippen molar-refractivity contribution in [2.75, 3.05) is 5.75 Å². The van der Waals surface area contributed by atoms with Gasteiger partial charge in [-0.25, -0.2) is 4.98 Å². The summed E-state index contributed by atoms with van der Waals surface area (Å²) in [5, 5.41) is 10.6. The van der Waals surface area contributed by atoms with Gasteiger partial charge >= 0.3 is 0 Å². The molecule has 6 nitrogen and oxygen atoms in total. The van der Waals surface area contributed by atoms with Crippen molar-refractivity contribution in [3.63, 3.8) is 0 Å². The molecule has 3 rings (SSSR count). The Morgan fingerprint density at radius 2 is 2.25 bits per heavy atom. The first-order valence-electron chi connectivity index (χ1n) is 7.42. The maximum atomic E-state index is 11.9. The molecule has 0 aliphatic rings. The predicted molar refractivity (Wildman–Crippen MR) is 95.0 cm³/mol. The third-order valence-electron chi connectivity index (χ3n) is 3.42. The molecule has 0 saturated carbocycles. The van der Waals surface area contributed by atoms with Gasteiger partial charge in [0.2, 0.25) is 5.91 Å². The zero-order chi connectivity index (χ0) is 16.8. The molecule has 0 bridgehead atoms. The van der Waals surface area contributed by atoms with Crippen LogP contribution in [0.1, 0.15) is 17.0 Å². The Morgan fingerprint density at radius 1 is 1.38 bits per heavy atom. The summed E-state index contributed by atoms with van der Waals surface area (Å²) in [6, 6.07) is 8.22. The van der Waals surface area contributed by atoms with Gasteiger partial charge in [-0.15, -0.1) is 10.2 Å². The lowest BCUT2D eigenvalue weighted by atomic mass is 10.1. The van der Waals surface area contributed by atoms with E-state index in [1.54, 1.807) is 11.7 Å². The molecule has 0 aliphatic carbocycles. The Kier molecular flexibility index (Phi) is 5.60. The van der Waals surface area contributed by atoms with Crippen LogP contribution in [0.5, 0.6) is 0 Å². The van der Waals surface area contributed by atoms with Gasteiger partial charge in [0.15, 0.2) is 4.34 Å². The lowest BCUT2D eigenvalue weighted by Crippen LogP contribution is -2.24. The van der Waals surface area contributed by atoms with Crippen LogP contribution in [0, 0.1) is 6.92 Å². The zero-order valence-electron chi connectivity index (χ0n) is 13.2. The summed E-state index contributed by atoms with van der Waals surface area (Å²) in [4.78, 5) is 16.1. The van der Waals surface area contributed by atoms with Crippen LogP contribution in [0.25, 0.3) is 0 Å². The summed E-state index contributed by atoms with van der Waals surface area (Å²) in [5.74, 6) is 1.33. The number of hydrogen-bond acceptors (Lipinski definition) is 6. The smallest absolute Gasteiger partial charge is 0.230 e. The van der Waals surface area contributed by atoms with Gasteiger partial charge in [-0.3, -0.25) is 4.79 Å². The Hall–Kier alpha value is -2.19. The Labute approximate surface area is 148 Å². The second-order valence-electron chi connectivity index (χ2n) is 5.19. The van der Waals surface area contributed by atoms with E-state index in [-0.39, 0.29) is 5.91 Å². The first kappa shape index (κ1) is 16.7. The van der Waals surface area contributed by atoms with E-state index in [2.05, 4.69) is 37.2 Å². The number of benzene rings is 1. The van der Waals surface area contributed by atoms with Gasteiger partial charge in [0.1, 0.15) is 11.3 Å². The van der Waals surface area contributed by atoms with E-state index in [1.165, 1.54) is 28.7 Å². The van der Waals surface area contributed by atoms with E-state index in [4.69, 9.17) is 0 Å². The van der Waals surface area contributed by atoms with Crippen molar-refractivity contribution in [3.8, 4) is 0 Å². The van der Waals surface area contributed by atoms with Crippen molar-refractivity contribution < 1.29 is 4.79 Å². The second-order valence-corrected chi connectivity index (χ2v) is 7.25. The maximum absolute atomic E-state index is 11.9. The normalized spacial score (nSPS) is 10.7. The van der Waals surface area contributed by atoms with Gasteiger partial charge in [0, 0.05) is 25.5 Å². The fraction of sp³-hybridized carbons (Fsp3) is 0.250. The van der Waals surface area contributed by atoms with E-state index in [0.717, 1.165) is 22.3 Å². The minimum absolute atomic E-state index is 0.00828. The van der Waals surface area contributed by atoms with Crippen molar-refractivity contribution in [2.24, 2.45) is 0 Å². The van der Waals surface area contributed by atoms with Crippen LogP contribution in [0.2, 0.25) is 0 Å². The van der Waals surface area contributed by atoms with E-state index >= 15 is 0 Å². The molecule has 1 N–H and O–H groups in total. The summed E-state index contributed by atoms with van der Waals surface area (Å²) in [5.41, 5.74) is 3.93. The molecule has 2 heterocycles. The molecule has 1 aromatic carbocycles. The number of rotatable bonds is 7. The molecule has 1 amide bonds. The highest BCUT2D eigenvalue weighted by Crippen LogP contribution is 2.18. The molecule has 3 aromatic rings. The Morgan fingerprint density at radius 3 is 3.00 bits per heavy atom. The molecule has 0 radical (unpaired) electrons. The van der Waals surface area contributed by atoms with Crippen LogP contribution in [-0.4, -0.2) is 31.4 Å². The predicted octanol–water partition coefficient (Wildman–Crippen LogP) is 2.50. The summed E-state index contributed by atoms with van der Waals surface area (Å²) in [7, 11) is 0. The molecular weight excluding hydrogens is 342 g/mol. The van der Waals surface area contributed by atoms with Crippen molar-refractivity contribution in [3.05, 3.63) is 59.1 Å². The highest BCUT2D eigenvalue weighted by Gasteiger charge is 2.06. The van der Waals surface area contributed by atoms with E-state index < -0.39 is 0 Å². The molecule has 124 valence electrons. The van der Waals surface area contributed by atoms with E-state index in [0.29, 0.717) is 12.3 Å². The van der Waals surface area contributed by atoms with Gasteiger partial charge in [-0.05, 0) is 18.1 Å². The second kappa shape index (κ2) is 8.07. The Balaban J connectivity index is 1.51. The molecule has 24 heavy (non-hydrogen) atoms. The van der Waals surface area contributed by atoms with Gasteiger partial charge in [0.05, 0.1) is 5.75 Å². The number of amides is 1. The lowest BCUT2D eigenvalue weighted by Gasteiger charge is -2.09. The molecule has 0 aliphatic heterocycles. The number of nitrogens with one attached hydrogen (secondary N) is 1. The average molecular weight is 359 g/mol. The quantitative estimate of drug-likeness (QED) is 0.656. The van der Waals surface area contributed by atoms with Gasteiger partial charge < -0.3 is 9.88 Å². The van der Waals surface area contributed by atoms with E-state index in [9.17, 15) is 4.79 Å². The van der Waals surface area contributed by atoms with Crippen molar-refractivity contribution in [2.45, 2.75) is 24.4 Å². The van der Waals surface area contributed by atoms with Crippen molar-refractivity contribution in [1.29, 1.82) is 0 Å². The molecule has 8 heteroatoms. The topological polar surface area (TPSA) is 72.7 Å². The van der Waals surface area contributed by atoms with Crippen LogP contribution in [-0.2, 0) is 17.9 Å². The first-order chi connectivity index (χ1) is 11.7. The van der Waals surface area contributed by atoms with Crippen molar-refractivity contribution in [1.82, 2.24) is 25.1 Å². The molecule has 2 aromatic heterocycles. The first-order valence-corrected chi connectivity index (χ1v) is 9.28. The van der Waals surface area contributed by atoms with Crippen LogP contribution in [0.3, 0.4) is 0 Å². The molecule has 0 atom stereocenters. The standard InChI is InChI=1S/C16H17N5OS2/c1-12-17-5-6-21(12)9-14-4-2-3-13(7-14)8-18-15(22)10-23-16-20-19-11-24-16/h2-7,11H,8-10H2,1H3,(H,18,22). The zero-order valence-corrected chi connectivity index (χ0v) is 14.8. The highest BCUT2D eigenvalue weighted by atomic mass is 32.2. The number of carbonyl (C=O) groups excluding carboxylic acids is 1. The van der Waals surface area contributed by atoms with Crippen LogP contribution in [0.15, 0.2) is 46.5 Å². The summed E-state index contributed by atoms with van der Waals surface area (Å²) in [6.07, 6.45) is 3.77. The molecule has 0 spiro atoms. The Bertz CT molecular complexity index is 800. The number of aromatic nitrogens is 4. The van der Waals surface area contributed by atoms with Crippen LogP contribution >= 0.6 is 23.1 Å². The number of hydrogen-bond donors (Lipinski definition) is 1. The highest BCUT2D eigenvalue weighted by molar-refractivity contribution is 8.01. The van der Waals surface area contributed by atoms with Crippen LogP contribution < -0.4 is 5.32 Å². The number of imidazole rings is 1. The number of aryl methyl sites for hydroxylation is 1. The summed E-state index contributed by atoms with van der Waals surface area (Å²) in [6.45, 7) is 3.28. The fourth-order valence-electron chi connectivity index (χ4n) is 2.21. The number of nitrogens with zero attached hydrogens (tertiary/aromatic N) is 4. The average Bonchev–Trinajstić information content (AvgIpc) is 3.24. The largest absolute Gasteiger partial charge is 0.351 e. The lowest BCUT2D eigenvalue weighted by molar-refractivity contribution is -0.118. The van der Waals surface area contributed by atoms with Gasteiger partial charge in [-0.1, -0.05) is 47.4 Å². The minimum Gasteiger partial charge on any atom is -0.351 e. The van der Waals surface area contributed by atoms with Gasteiger partial charge in [-0.2, -0.15) is 0 Å². The SMILES string of the molecule is Cc1nccn1Cc1cccc(CNC(=O)CSc2nncs2)c1. The fourth-order valence-corrected chi connectivity index (χ4v) is 3.53. The number of thioether (sulfide) groups is 1. The van der Waals surface area contributed by atoms with E-state index in [1.807, 2.05) is 25.3 Å². The molecule has 0 fully saturated rings. The minimum atomic E-state index is -0.00828. The summed E-state index contributed by atoms with van der Waals surface area (Å²) >= 11 is 2.84.